The number of nitrogens with zero attached hydrogens (tertiary/aromatic N) is 2. The van der Waals surface area contributed by atoms with Crippen LogP contribution in [0.25, 0.3) is 10.9 Å². The van der Waals surface area contributed by atoms with Gasteiger partial charge in [-0.15, -0.1) is 0 Å². The zero-order valence-electron chi connectivity index (χ0n) is 15.5. The first-order valence-corrected chi connectivity index (χ1v) is 8.86. The highest BCUT2D eigenvalue weighted by Crippen LogP contribution is 2.26. The number of amides is 2. The van der Waals surface area contributed by atoms with Crippen LogP contribution < -0.4 is 15.4 Å². The Kier molecular flexibility index (Phi) is 5.46. The van der Waals surface area contributed by atoms with Gasteiger partial charge in [0.25, 0.3) is 0 Å². The highest BCUT2D eigenvalue weighted by molar-refractivity contribution is 5.86. The minimum atomic E-state index is -0.0509. The SMILES string of the molecule is COc1ccc2c(c1)c(CC(C)NC(=O)CN1CCNC(=O)C1)cn2C. The van der Waals surface area contributed by atoms with E-state index in [9.17, 15) is 9.59 Å². The van der Waals surface area contributed by atoms with E-state index in [0.717, 1.165) is 23.1 Å². The standard InChI is InChI=1S/C19H26N4O3/c1-13(21-19(25)12-23-7-6-20-18(24)11-23)8-14-10-22(2)17-5-4-15(26-3)9-16(14)17/h4-5,9-10,13H,6-8,11-12H2,1-3H3,(H,20,24)(H,21,25). The normalized spacial score (nSPS) is 16.3. The second-order valence-electron chi connectivity index (χ2n) is 6.88. The zero-order valence-corrected chi connectivity index (χ0v) is 15.5. The Bertz CT molecular complexity index is 814. The summed E-state index contributed by atoms with van der Waals surface area (Å²) in [6, 6.07) is 6.03. The van der Waals surface area contributed by atoms with Crippen molar-refractivity contribution in [1.82, 2.24) is 20.1 Å². The highest BCUT2D eigenvalue weighted by atomic mass is 16.5. The lowest BCUT2D eigenvalue weighted by atomic mass is 10.1. The van der Waals surface area contributed by atoms with Crippen molar-refractivity contribution in [1.29, 1.82) is 0 Å². The van der Waals surface area contributed by atoms with Crippen LogP contribution in [0.5, 0.6) is 5.75 Å². The van der Waals surface area contributed by atoms with Crippen molar-refractivity contribution in [2.75, 3.05) is 33.3 Å². The van der Waals surface area contributed by atoms with E-state index in [2.05, 4.69) is 21.4 Å². The van der Waals surface area contributed by atoms with Crippen molar-refractivity contribution in [3.63, 3.8) is 0 Å². The zero-order chi connectivity index (χ0) is 18.7. The molecule has 2 amide bonds. The van der Waals surface area contributed by atoms with Gasteiger partial charge in [-0.1, -0.05) is 0 Å². The molecule has 1 unspecified atom stereocenters. The lowest BCUT2D eigenvalue weighted by Gasteiger charge is -2.26. The molecule has 2 aromatic rings. The van der Waals surface area contributed by atoms with E-state index in [0.29, 0.717) is 13.1 Å². The summed E-state index contributed by atoms with van der Waals surface area (Å²) in [7, 11) is 3.68. The molecular formula is C19H26N4O3. The van der Waals surface area contributed by atoms with Gasteiger partial charge in [-0.3, -0.25) is 14.5 Å². The number of hydrogen-bond acceptors (Lipinski definition) is 4. The number of carbonyl (C=O) groups is 2. The molecule has 1 atom stereocenters. The summed E-state index contributed by atoms with van der Waals surface area (Å²) in [5.74, 6) is 0.747. The summed E-state index contributed by atoms with van der Waals surface area (Å²) in [5, 5.41) is 6.94. The molecule has 7 heteroatoms. The van der Waals surface area contributed by atoms with Crippen LogP contribution in [0, 0.1) is 0 Å². The van der Waals surface area contributed by atoms with Crippen LogP contribution in [0.15, 0.2) is 24.4 Å². The molecule has 0 radical (unpaired) electrons. The first kappa shape index (κ1) is 18.3. The minimum Gasteiger partial charge on any atom is -0.497 e. The molecule has 1 aliphatic heterocycles. The second kappa shape index (κ2) is 7.78. The van der Waals surface area contributed by atoms with Gasteiger partial charge < -0.3 is 19.9 Å². The molecule has 1 aliphatic rings. The number of methoxy groups -OCH3 is 1. The van der Waals surface area contributed by atoms with Crippen LogP contribution in [-0.4, -0.2) is 60.6 Å². The number of aryl methyl sites for hydroxylation is 1. The van der Waals surface area contributed by atoms with Crippen LogP contribution in [0.4, 0.5) is 0 Å². The molecule has 2 heterocycles. The quantitative estimate of drug-likeness (QED) is 0.796. The molecule has 1 aromatic heterocycles. The fourth-order valence-electron chi connectivity index (χ4n) is 3.47. The van der Waals surface area contributed by atoms with E-state index in [4.69, 9.17) is 4.74 Å². The third-order valence-corrected chi connectivity index (χ3v) is 4.70. The van der Waals surface area contributed by atoms with Gasteiger partial charge in [0.15, 0.2) is 0 Å². The fourth-order valence-corrected chi connectivity index (χ4v) is 3.47. The number of piperazine rings is 1. The van der Waals surface area contributed by atoms with Crippen LogP contribution in [0.3, 0.4) is 0 Å². The molecule has 0 aliphatic carbocycles. The number of benzene rings is 1. The van der Waals surface area contributed by atoms with Gasteiger partial charge in [0, 0.05) is 43.3 Å². The number of ether oxygens (including phenoxy) is 1. The lowest BCUT2D eigenvalue weighted by Crippen LogP contribution is -2.51. The van der Waals surface area contributed by atoms with Crippen LogP contribution in [0.2, 0.25) is 0 Å². The average Bonchev–Trinajstić information content (AvgIpc) is 2.89. The number of carbonyl (C=O) groups excluding carboxylic acids is 2. The summed E-state index contributed by atoms with van der Waals surface area (Å²) >= 11 is 0. The Morgan fingerprint density at radius 1 is 1.42 bits per heavy atom. The van der Waals surface area contributed by atoms with Crippen molar-refractivity contribution >= 4 is 22.7 Å². The summed E-state index contributed by atoms with van der Waals surface area (Å²) in [6.45, 7) is 3.84. The monoisotopic (exact) mass is 358 g/mol. The van der Waals surface area contributed by atoms with Gasteiger partial charge >= 0.3 is 0 Å². The predicted octanol–water partition coefficient (Wildman–Crippen LogP) is 0.666. The maximum atomic E-state index is 12.3. The fraction of sp³-hybridized carbons (Fsp3) is 0.474. The van der Waals surface area contributed by atoms with Crippen molar-refractivity contribution in [2.24, 2.45) is 7.05 Å². The van der Waals surface area contributed by atoms with E-state index in [-0.39, 0.29) is 30.9 Å². The second-order valence-corrected chi connectivity index (χ2v) is 6.88. The summed E-state index contributed by atoms with van der Waals surface area (Å²) < 4.78 is 7.42. The van der Waals surface area contributed by atoms with Crippen molar-refractivity contribution in [3.05, 3.63) is 30.0 Å². The molecule has 0 saturated carbocycles. The molecule has 2 N–H and O–H groups in total. The Hall–Kier alpha value is -2.54. The number of fused-ring (bicyclic) bond motifs is 1. The number of rotatable bonds is 6. The summed E-state index contributed by atoms with van der Waals surface area (Å²) in [4.78, 5) is 25.5. The van der Waals surface area contributed by atoms with E-state index in [1.807, 2.05) is 37.1 Å². The van der Waals surface area contributed by atoms with Gasteiger partial charge in [-0.2, -0.15) is 0 Å². The predicted molar refractivity (Wildman–Crippen MR) is 100 cm³/mol. The molecule has 1 aromatic carbocycles. The number of hydrogen-bond donors (Lipinski definition) is 2. The summed E-state index contributed by atoms with van der Waals surface area (Å²) in [6.07, 6.45) is 2.83. The Morgan fingerprint density at radius 3 is 2.96 bits per heavy atom. The molecule has 0 bridgehead atoms. The summed E-state index contributed by atoms with van der Waals surface area (Å²) in [5.41, 5.74) is 2.31. The molecule has 26 heavy (non-hydrogen) atoms. The molecular weight excluding hydrogens is 332 g/mol. The van der Waals surface area contributed by atoms with E-state index < -0.39 is 0 Å². The average molecular weight is 358 g/mol. The largest absolute Gasteiger partial charge is 0.497 e. The molecule has 0 spiro atoms. The van der Waals surface area contributed by atoms with Crippen LogP contribution >= 0.6 is 0 Å². The van der Waals surface area contributed by atoms with Crippen LogP contribution in [-0.2, 0) is 23.1 Å². The third-order valence-electron chi connectivity index (χ3n) is 4.70. The lowest BCUT2D eigenvalue weighted by molar-refractivity contribution is -0.127. The van der Waals surface area contributed by atoms with Gasteiger partial charge in [0.2, 0.25) is 11.8 Å². The topological polar surface area (TPSA) is 75.6 Å². The number of nitrogens with one attached hydrogen (secondary N) is 2. The van der Waals surface area contributed by atoms with E-state index >= 15 is 0 Å². The third kappa shape index (κ3) is 4.16. The maximum absolute atomic E-state index is 12.3. The van der Waals surface area contributed by atoms with Crippen molar-refractivity contribution < 1.29 is 14.3 Å². The highest BCUT2D eigenvalue weighted by Gasteiger charge is 2.20. The Morgan fingerprint density at radius 2 is 2.23 bits per heavy atom. The van der Waals surface area contributed by atoms with Crippen LogP contribution in [0.1, 0.15) is 12.5 Å². The molecule has 7 nitrogen and oxygen atoms in total. The molecule has 1 saturated heterocycles. The smallest absolute Gasteiger partial charge is 0.234 e. The van der Waals surface area contributed by atoms with Gasteiger partial charge in [-0.05, 0) is 37.1 Å². The van der Waals surface area contributed by atoms with E-state index in [1.165, 1.54) is 5.56 Å². The Balaban J connectivity index is 1.62. The van der Waals surface area contributed by atoms with Crippen molar-refractivity contribution in [2.45, 2.75) is 19.4 Å². The minimum absolute atomic E-state index is 0.00193. The van der Waals surface area contributed by atoms with Gasteiger partial charge in [0.05, 0.1) is 20.2 Å². The first-order chi connectivity index (χ1) is 12.5. The first-order valence-electron chi connectivity index (χ1n) is 8.86. The molecule has 140 valence electrons. The van der Waals surface area contributed by atoms with Crippen molar-refractivity contribution in [3.8, 4) is 5.75 Å². The molecule has 3 rings (SSSR count). The Labute approximate surface area is 153 Å². The van der Waals surface area contributed by atoms with Gasteiger partial charge in [0.1, 0.15) is 5.75 Å². The number of aromatic nitrogens is 1. The molecule has 1 fully saturated rings. The maximum Gasteiger partial charge on any atom is 0.234 e. The van der Waals surface area contributed by atoms with Gasteiger partial charge in [-0.25, -0.2) is 0 Å². The van der Waals surface area contributed by atoms with E-state index in [1.54, 1.807) is 7.11 Å².